The Morgan fingerprint density at radius 1 is 0.821 bits per heavy atom. The molecule has 8 heteroatoms. The molecule has 1 fully saturated rings. The summed E-state index contributed by atoms with van der Waals surface area (Å²) in [5.41, 5.74) is 5.58. The van der Waals surface area contributed by atoms with Gasteiger partial charge in [-0.1, -0.05) is 12.1 Å². The molecule has 39 heavy (non-hydrogen) atoms. The number of hydrogen-bond donors (Lipinski definition) is 1. The van der Waals surface area contributed by atoms with Crippen molar-refractivity contribution < 1.29 is 14.2 Å². The van der Waals surface area contributed by atoms with E-state index in [4.69, 9.17) is 14.2 Å². The number of aryl methyl sites for hydroxylation is 2. The third-order valence-corrected chi connectivity index (χ3v) is 7.16. The van der Waals surface area contributed by atoms with Gasteiger partial charge in [0, 0.05) is 85.4 Å². The van der Waals surface area contributed by atoms with Gasteiger partial charge in [0.25, 0.3) is 0 Å². The predicted molar refractivity (Wildman–Crippen MR) is 152 cm³/mol. The average Bonchev–Trinajstić information content (AvgIpc) is 3.24. The van der Waals surface area contributed by atoms with Gasteiger partial charge in [0.15, 0.2) is 0 Å². The summed E-state index contributed by atoms with van der Waals surface area (Å²) in [6.45, 7) is 3.82. The van der Waals surface area contributed by atoms with E-state index in [9.17, 15) is 0 Å². The van der Waals surface area contributed by atoms with Crippen LogP contribution in [0.5, 0.6) is 11.6 Å². The van der Waals surface area contributed by atoms with Gasteiger partial charge < -0.3 is 24.1 Å². The van der Waals surface area contributed by atoms with Gasteiger partial charge in [-0.25, -0.2) is 4.98 Å². The molecule has 0 amide bonds. The van der Waals surface area contributed by atoms with Gasteiger partial charge in [0.2, 0.25) is 5.88 Å². The van der Waals surface area contributed by atoms with E-state index >= 15 is 0 Å². The number of aromatic nitrogens is 4. The number of fused-ring (bicyclic) bond motifs is 3. The monoisotopic (exact) mass is 523 g/mol. The molecular formula is C31H33N5O3. The highest BCUT2D eigenvalue weighted by molar-refractivity contribution is 6.08. The molecule has 1 aromatic carbocycles. The van der Waals surface area contributed by atoms with E-state index in [0.717, 1.165) is 61.5 Å². The molecule has 0 bridgehead atoms. The third-order valence-electron chi connectivity index (χ3n) is 7.16. The van der Waals surface area contributed by atoms with Gasteiger partial charge in [-0.05, 0) is 48.7 Å². The summed E-state index contributed by atoms with van der Waals surface area (Å²) < 4.78 is 19.6. The minimum Gasteiger partial charge on any atom is -0.492 e. The molecule has 0 saturated carbocycles. The first-order valence-electron chi connectivity index (χ1n) is 13.6. The van der Waals surface area contributed by atoms with Gasteiger partial charge in [0.05, 0.1) is 31.0 Å². The smallest absolute Gasteiger partial charge is 0.213 e. The van der Waals surface area contributed by atoms with Crippen molar-refractivity contribution in [2.24, 2.45) is 7.05 Å². The van der Waals surface area contributed by atoms with Crippen LogP contribution in [0, 0.1) is 0 Å². The van der Waals surface area contributed by atoms with E-state index < -0.39 is 0 Å². The van der Waals surface area contributed by atoms with Crippen LogP contribution in [0.3, 0.4) is 0 Å². The molecule has 0 unspecified atom stereocenters. The van der Waals surface area contributed by atoms with E-state index in [1.807, 2.05) is 48.9 Å². The molecule has 0 radical (unpaired) electrons. The van der Waals surface area contributed by atoms with Crippen molar-refractivity contribution in [3.8, 4) is 22.8 Å². The largest absolute Gasteiger partial charge is 0.492 e. The molecule has 5 aromatic rings. The maximum atomic E-state index is 5.83. The second-order valence-corrected chi connectivity index (χ2v) is 9.86. The number of rotatable bonds is 12. The number of nitrogens with zero attached hydrogens (tertiary/aromatic N) is 4. The number of benzene rings is 1. The molecule has 6 rings (SSSR count). The van der Waals surface area contributed by atoms with Crippen molar-refractivity contribution in [3.05, 3.63) is 79.0 Å². The zero-order valence-corrected chi connectivity index (χ0v) is 22.2. The van der Waals surface area contributed by atoms with Crippen LogP contribution in [0.15, 0.2) is 73.3 Å². The molecular weight excluding hydrogens is 490 g/mol. The Balaban J connectivity index is 0.943. The van der Waals surface area contributed by atoms with Gasteiger partial charge in [-0.2, -0.15) is 0 Å². The maximum Gasteiger partial charge on any atom is 0.213 e. The van der Waals surface area contributed by atoms with E-state index in [0.29, 0.717) is 25.2 Å². The molecule has 200 valence electrons. The minimum atomic E-state index is 0.392. The third kappa shape index (κ3) is 5.87. The zero-order chi connectivity index (χ0) is 26.4. The Labute approximate surface area is 228 Å². The lowest BCUT2D eigenvalue weighted by Crippen LogP contribution is -2.48. The summed E-state index contributed by atoms with van der Waals surface area (Å²) in [7, 11) is 2.09. The van der Waals surface area contributed by atoms with Crippen LogP contribution < -0.4 is 14.8 Å². The van der Waals surface area contributed by atoms with Crippen LogP contribution in [-0.2, 0) is 18.2 Å². The molecule has 1 saturated heterocycles. The van der Waals surface area contributed by atoms with Crippen LogP contribution >= 0.6 is 0 Å². The molecule has 1 N–H and O–H groups in total. The highest BCUT2D eigenvalue weighted by Crippen LogP contribution is 2.31. The van der Waals surface area contributed by atoms with Gasteiger partial charge in [-0.3, -0.25) is 9.97 Å². The van der Waals surface area contributed by atoms with Crippen molar-refractivity contribution in [1.29, 1.82) is 0 Å². The first-order chi connectivity index (χ1) is 19.2. The van der Waals surface area contributed by atoms with E-state index in [1.165, 1.54) is 21.8 Å². The SMILES string of the molecule is Cn1c2ccncc2c2ccc(-c3ccc(OCCCOc4ccc(CCCOC5CNC5)nc4)nc3)cc21. The lowest BCUT2D eigenvalue weighted by Gasteiger charge is -2.27. The fourth-order valence-corrected chi connectivity index (χ4v) is 4.82. The lowest BCUT2D eigenvalue weighted by molar-refractivity contribution is 0.0178. The highest BCUT2D eigenvalue weighted by Gasteiger charge is 2.16. The van der Waals surface area contributed by atoms with Crippen LogP contribution in [0.1, 0.15) is 18.5 Å². The molecule has 8 nitrogen and oxygen atoms in total. The van der Waals surface area contributed by atoms with Crippen molar-refractivity contribution in [2.45, 2.75) is 25.4 Å². The van der Waals surface area contributed by atoms with Crippen molar-refractivity contribution >= 4 is 21.8 Å². The minimum absolute atomic E-state index is 0.392. The Kier molecular flexibility index (Phi) is 7.65. The van der Waals surface area contributed by atoms with Gasteiger partial charge in [-0.15, -0.1) is 0 Å². The second-order valence-electron chi connectivity index (χ2n) is 9.86. The Morgan fingerprint density at radius 2 is 1.72 bits per heavy atom. The molecule has 4 aromatic heterocycles. The molecule has 0 spiro atoms. The molecule has 0 aliphatic carbocycles. The highest BCUT2D eigenvalue weighted by atomic mass is 16.5. The van der Waals surface area contributed by atoms with E-state index in [2.05, 4.69) is 50.1 Å². The number of nitrogens with one attached hydrogen (secondary N) is 1. The number of ether oxygens (including phenoxy) is 3. The fraction of sp³-hybridized carbons (Fsp3) is 0.323. The quantitative estimate of drug-likeness (QED) is 0.232. The number of pyridine rings is 3. The molecule has 5 heterocycles. The second kappa shape index (κ2) is 11.8. The Morgan fingerprint density at radius 3 is 2.51 bits per heavy atom. The maximum absolute atomic E-state index is 5.83. The van der Waals surface area contributed by atoms with Gasteiger partial charge >= 0.3 is 0 Å². The van der Waals surface area contributed by atoms with E-state index in [-0.39, 0.29) is 0 Å². The number of hydrogen-bond acceptors (Lipinski definition) is 7. The fourth-order valence-electron chi connectivity index (χ4n) is 4.82. The van der Waals surface area contributed by atoms with Crippen LogP contribution in [0.2, 0.25) is 0 Å². The standard InChI is InChI=1S/C31H33N5O3/c1-36-29-11-12-32-21-28(29)27-9-5-22(16-30(27)36)23-6-10-31(35-17-23)39-15-3-14-37-25-8-7-24(34-20-25)4-2-13-38-26-18-33-19-26/h5-12,16-17,20-21,26,33H,2-4,13-15,18-19H2,1H3. The predicted octanol–water partition coefficient (Wildman–Crippen LogP) is 4.95. The summed E-state index contributed by atoms with van der Waals surface area (Å²) in [5.74, 6) is 1.39. The normalized spacial score (nSPS) is 13.6. The summed E-state index contributed by atoms with van der Waals surface area (Å²) in [4.78, 5) is 13.3. The van der Waals surface area contributed by atoms with Crippen LogP contribution in [0.25, 0.3) is 32.9 Å². The topological polar surface area (TPSA) is 83.3 Å². The van der Waals surface area contributed by atoms with Crippen molar-refractivity contribution in [2.75, 3.05) is 32.9 Å². The summed E-state index contributed by atoms with van der Waals surface area (Å²) >= 11 is 0. The summed E-state index contributed by atoms with van der Waals surface area (Å²) in [6.07, 6.45) is 10.5. The Bertz CT molecular complexity index is 1530. The Hall–Kier alpha value is -4.01. The van der Waals surface area contributed by atoms with Crippen LogP contribution in [-0.4, -0.2) is 58.5 Å². The molecule has 1 aliphatic heterocycles. The van der Waals surface area contributed by atoms with Gasteiger partial charge in [0.1, 0.15) is 5.75 Å². The molecule has 1 aliphatic rings. The van der Waals surface area contributed by atoms with Crippen molar-refractivity contribution in [3.63, 3.8) is 0 Å². The van der Waals surface area contributed by atoms with Crippen LogP contribution in [0.4, 0.5) is 0 Å². The molecule has 0 atom stereocenters. The average molecular weight is 524 g/mol. The first-order valence-corrected chi connectivity index (χ1v) is 13.6. The van der Waals surface area contributed by atoms with E-state index in [1.54, 1.807) is 6.20 Å². The summed E-state index contributed by atoms with van der Waals surface area (Å²) in [6, 6.07) is 16.5. The summed E-state index contributed by atoms with van der Waals surface area (Å²) in [5, 5.41) is 5.58. The van der Waals surface area contributed by atoms with Crippen molar-refractivity contribution in [1.82, 2.24) is 24.8 Å². The zero-order valence-electron chi connectivity index (χ0n) is 22.2. The lowest BCUT2D eigenvalue weighted by atomic mass is 10.1. The first kappa shape index (κ1) is 25.3.